The second-order valence-corrected chi connectivity index (χ2v) is 3.71. The number of fused-ring (bicyclic) bond motifs is 1. The van der Waals surface area contributed by atoms with Crippen LogP contribution >= 0.6 is 15.9 Å². The number of alkyl halides is 1. The summed E-state index contributed by atoms with van der Waals surface area (Å²) in [6.07, 6.45) is 1.61. The highest BCUT2D eigenvalue weighted by molar-refractivity contribution is 9.09. The van der Waals surface area contributed by atoms with Crippen LogP contribution in [0.4, 0.5) is 0 Å². The molecule has 3 nitrogen and oxygen atoms in total. The minimum absolute atomic E-state index is 0.212. The molecule has 0 saturated carbocycles. The van der Waals surface area contributed by atoms with Crippen LogP contribution < -0.4 is 4.74 Å². The number of rotatable bonds is 1. The molecule has 72 valence electrons. The van der Waals surface area contributed by atoms with Crippen LogP contribution in [0.1, 0.15) is 5.56 Å². The van der Waals surface area contributed by atoms with E-state index >= 15 is 0 Å². The summed E-state index contributed by atoms with van der Waals surface area (Å²) >= 11 is 3.15. The molecule has 0 radical (unpaired) electrons. The van der Waals surface area contributed by atoms with Gasteiger partial charge in [0.1, 0.15) is 5.75 Å². The molecule has 0 spiro atoms. The van der Waals surface area contributed by atoms with Gasteiger partial charge in [-0.2, -0.15) is 0 Å². The first-order valence-corrected chi connectivity index (χ1v) is 4.94. The molecule has 1 aliphatic rings. The van der Waals surface area contributed by atoms with Crippen molar-refractivity contribution in [1.82, 2.24) is 0 Å². The molecule has 0 saturated heterocycles. The highest BCUT2D eigenvalue weighted by Gasteiger charge is 2.24. The van der Waals surface area contributed by atoms with E-state index in [-0.39, 0.29) is 5.57 Å². The third-order valence-electron chi connectivity index (χ3n) is 1.95. The lowest BCUT2D eigenvalue weighted by Gasteiger charge is -2.20. The molecule has 14 heavy (non-hydrogen) atoms. The number of benzene rings is 1. The van der Waals surface area contributed by atoms with E-state index in [1.807, 2.05) is 18.2 Å². The van der Waals surface area contributed by atoms with E-state index in [1.54, 1.807) is 12.1 Å². The molecule has 0 amide bonds. The molecule has 1 aromatic rings. The number of para-hydroxylation sites is 1. The topological polar surface area (TPSA) is 46.5 Å². The maximum atomic E-state index is 10.8. The molecule has 1 heterocycles. The van der Waals surface area contributed by atoms with Crippen LogP contribution in [0.5, 0.6) is 5.75 Å². The molecule has 1 aliphatic heterocycles. The number of carbonyl (C=O) groups is 1. The van der Waals surface area contributed by atoms with Crippen molar-refractivity contribution in [2.75, 3.05) is 0 Å². The largest absolute Gasteiger partial charge is 0.478 e. The molecule has 0 fully saturated rings. The lowest BCUT2D eigenvalue weighted by Crippen LogP contribution is -2.21. The van der Waals surface area contributed by atoms with Gasteiger partial charge in [-0.1, -0.05) is 18.2 Å². The fourth-order valence-electron chi connectivity index (χ4n) is 1.27. The zero-order valence-corrected chi connectivity index (χ0v) is 8.69. The van der Waals surface area contributed by atoms with Crippen LogP contribution in [0.3, 0.4) is 0 Å². The Bertz CT molecular complexity index is 412. The summed E-state index contributed by atoms with van der Waals surface area (Å²) in [7, 11) is 0. The van der Waals surface area contributed by atoms with Crippen LogP contribution in [-0.2, 0) is 4.79 Å². The summed E-state index contributed by atoms with van der Waals surface area (Å²) in [6.45, 7) is 0. The number of aliphatic carboxylic acids is 1. The van der Waals surface area contributed by atoms with Crippen molar-refractivity contribution in [3.05, 3.63) is 35.4 Å². The zero-order chi connectivity index (χ0) is 10.1. The van der Waals surface area contributed by atoms with Crippen molar-refractivity contribution in [2.24, 2.45) is 0 Å². The Morgan fingerprint density at radius 2 is 2.14 bits per heavy atom. The highest BCUT2D eigenvalue weighted by atomic mass is 79.9. The molecule has 0 bridgehead atoms. The lowest BCUT2D eigenvalue weighted by molar-refractivity contribution is -0.133. The first kappa shape index (κ1) is 9.27. The average Bonchev–Trinajstić information content (AvgIpc) is 2.16. The number of halogens is 1. The van der Waals surface area contributed by atoms with Gasteiger partial charge in [-0.25, -0.2) is 4.79 Å². The van der Waals surface area contributed by atoms with Crippen LogP contribution in [0.15, 0.2) is 29.8 Å². The summed E-state index contributed by atoms with van der Waals surface area (Å²) in [5.74, 6) is -0.277. The van der Waals surface area contributed by atoms with Gasteiger partial charge in [-0.15, -0.1) is 0 Å². The summed E-state index contributed by atoms with van der Waals surface area (Å²) in [4.78, 5) is 10.8. The monoisotopic (exact) mass is 254 g/mol. The Morgan fingerprint density at radius 3 is 2.86 bits per heavy atom. The Hall–Kier alpha value is -1.29. The van der Waals surface area contributed by atoms with E-state index in [9.17, 15) is 4.79 Å². The third-order valence-corrected chi connectivity index (χ3v) is 2.63. The molecule has 1 unspecified atom stereocenters. The molecule has 4 heteroatoms. The van der Waals surface area contributed by atoms with Crippen molar-refractivity contribution in [2.45, 2.75) is 5.01 Å². The van der Waals surface area contributed by atoms with Gasteiger partial charge in [0.15, 0.2) is 5.01 Å². The Balaban J connectivity index is 2.49. The first-order chi connectivity index (χ1) is 6.68. The zero-order valence-electron chi connectivity index (χ0n) is 7.11. The minimum atomic E-state index is -0.971. The summed E-state index contributed by atoms with van der Waals surface area (Å²) < 4.78 is 5.37. The molecule has 2 rings (SSSR count). The van der Waals surface area contributed by atoms with Gasteiger partial charge in [0.05, 0.1) is 5.57 Å². The number of ether oxygens (including phenoxy) is 1. The van der Waals surface area contributed by atoms with E-state index in [1.165, 1.54) is 0 Å². The van der Waals surface area contributed by atoms with Gasteiger partial charge < -0.3 is 9.84 Å². The highest BCUT2D eigenvalue weighted by Crippen LogP contribution is 2.31. The maximum absolute atomic E-state index is 10.8. The molecule has 0 aromatic heterocycles. The maximum Gasteiger partial charge on any atom is 0.336 e. The summed E-state index contributed by atoms with van der Waals surface area (Å²) in [5.41, 5.74) is 1.00. The number of hydrogen-bond acceptors (Lipinski definition) is 2. The van der Waals surface area contributed by atoms with Crippen molar-refractivity contribution in [3.63, 3.8) is 0 Å². The fraction of sp³-hybridized carbons (Fsp3) is 0.100. The van der Waals surface area contributed by atoms with Crippen molar-refractivity contribution in [3.8, 4) is 5.75 Å². The smallest absolute Gasteiger partial charge is 0.336 e. The second kappa shape index (κ2) is 3.46. The van der Waals surface area contributed by atoms with Crippen molar-refractivity contribution in [1.29, 1.82) is 0 Å². The number of carboxylic acid groups (broad SMARTS) is 1. The van der Waals surface area contributed by atoms with E-state index < -0.39 is 11.0 Å². The quantitative estimate of drug-likeness (QED) is 0.783. The molecule has 1 atom stereocenters. The van der Waals surface area contributed by atoms with Gasteiger partial charge >= 0.3 is 5.97 Å². The molecule has 1 aromatic carbocycles. The lowest BCUT2D eigenvalue weighted by atomic mass is 10.1. The SMILES string of the molecule is O=C(O)C1=Cc2ccccc2OC1Br. The predicted octanol–water partition coefficient (Wildman–Crippen LogP) is 2.27. The Kier molecular flexibility index (Phi) is 2.29. The van der Waals surface area contributed by atoms with Gasteiger partial charge in [-0.05, 0) is 28.1 Å². The first-order valence-electron chi connectivity index (χ1n) is 4.03. The Morgan fingerprint density at radius 1 is 1.43 bits per heavy atom. The number of hydrogen-bond donors (Lipinski definition) is 1. The second-order valence-electron chi connectivity index (χ2n) is 2.88. The van der Waals surface area contributed by atoms with E-state index in [0.717, 1.165) is 5.56 Å². The van der Waals surface area contributed by atoms with Crippen molar-refractivity contribution < 1.29 is 14.6 Å². The van der Waals surface area contributed by atoms with Gasteiger partial charge in [0, 0.05) is 5.56 Å². The summed E-state index contributed by atoms with van der Waals surface area (Å²) in [5, 5.41) is 8.28. The summed E-state index contributed by atoms with van der Waals surface area (Å²) in [6, 6.07) is 7.31. The van der Waals surface area contributed by atoms with E-state index in [0.29, 0.717) is 5.75 Å². The van der Waals surface area contributed by atoms with E-state index in [2.05, 4.69) is 15.9 Å². The van der Waals surface area contributed by atoms with Gasteiger partial charge in [0.2, 0.25) is 0 Å². The van der Waals surface area contributed by atoms with Crippen molar-refractivity contribution >= 4 is 28.0 Å². The normalized spacial score (nSPS) is 19.2. The van der Waals surface area contributed by atoms with Crippen LogP contribution in [-0.4, -0.2) is 16.1 Å². The van der Waals surface area contributed by atoms with Gasteiger partial charge in [-0.3, -0.25) is 0 Å². The molecular weight excluding hydrogens is 248 g/mol. The van der Waals surface area contributed by atoms with Crippen LogP contribution in [0.25, 0.3) is 6.08 Å². The number of carboxylic acids is 1. The third kappa shape index (κ3) is 1.53. The standard InChI is InChI=1S/C10H7BrO3/c11-9-7(10(12)13)5-6-3-1-2-4-8(6)14-9/h1-5,9H,(H,12,13). The molecule has 0 aliphatic carbocycles. The predicted molar refractivity (Wildman–Crippen MR) is 55.4 cm³/mol. The molecule has 1 N–H and O–H groups in total. The van der Waals surface area contributed by atoms with Crippen LogP contribution in [0, 0.1) is 0 Å². The average molecular weight is 255 g/mol. The fourth-order valence-corrected chi connectivity index (χ4v) is 1.80. The molecular formula is C10H7BrO3. The van der Waals surface area contributed by atoms with E-state index in [4.69, 9.17) is 9.84 Å². The van der Waals surface area contributed by atoms with Gasteiger partial charge in [0.25, 0.3) is 0 Å². The Labute approximate surface area is 89.1 Å². The van der Waals surface area contributed by atoms with Crippen LogP contribution in [0.2, 0.25) is 0 Å². The minimum Gasteiger partial charge on any atom is -0.478 e.